The van der Waals surface area contributed by atoms with E-state index in [0.717, 1.165) is 10.0 Å². The van der Waals surface area contributed by atoms with Gasteiger partial charge in [0.1, 0.15) is 0 Å². The highest BCUT2D eigenvalue weighted by Crippen LogP contribution is 2.29. The van der Waals surface area contributed by atoms with Crippen molar-refractivity contribution in [3.63, 3.8) is 0 Å². The Kier molecular flexibility index (Phi) is 4.89. The van der Waals surface area contributed by atoms with Gasteiger partial charge in [0, 0.05) is 24.1 Å². The van der Waals surface area contributed by atoms with Gasteiger partial charge < -0.3 is 10.7 Å². The minimum atomic E-state index is -0.279. The Morgan fingerprint density at radius 2 is 2.05 bits per heavy atom. The largest absolute Gasteiger partial charge is 0.348 e. The number of aromatic nitrogens is 3. The highest BCUT2D eigenvalue weighted by molar-refractivity contribution is 9.10. The molecule has 0 aliphatic rings. The molecule has 0 saturated heterocycles. The summed E-state index contributed by atoms with van der Waals surface area (Å²) in [7, 11) is 3.44. The number of nitrogens with zero attached hydrogens (tertiary/aromatic N) is 4. The molecule has 6 nitrogen and oxygen atoms in total. The van der Waals surface area contributed by atoms with Crippen LogP contribution in [0.25, 0.3) is 11.4 Å². The molecule has 0 aliphatic carbocycles. The second kappa shape index (κ2) is 6.48. The molecule has 0 fully saturated rings. The third kappa shape index (κ3) is 3.38. The van der Waals surface area contributed by atoms with E-state index in [0.29, 0.717) is 11.0 Å². The zero-order valence-electron chi connectivity index (χ0n) is 11.9. The normalized spacial score (nSPS) is 12.2. The predicted octanol–water partition coefficient (Wildman–Crippen LogP) is 1.99. The molecule has 0 spiro atoms. The van der Waals surface area contributed by atoms with Crippen LogP contribution in [0.3, 0.4) is 0 Å². The van der Waals surface area contributed by atoms with Crippen molar-refractivity contribution in [1.82, 2.24) is 19.8 Å². The molecule has 1 aromatic heterocycles. The molecule has 1 atom stereocenters. The summed E-state index contributed by atoms with van der Waals surface area (Å²) >= 11 is 4.75. The molecule has 0 radical (unpaired) electrons. The first-order valence-corrected chi connectivity index (χ1v) is 7.92. The van der Waals surface area contributed by atoms with Gasteiger partial charge in [0.15, 0.2) is 5.82 Å². The Labute approximate surface area is 135 Å². The van der Waals surface area contributed by atoms with Gasteiger partial charge in [0.25, 0.3) is 0 Å². The lowest BCUT2D eigenvalue weighted by Crippen LogP contribution is -2.30. The Bertz CT molecular complexity index is 658. The summed E-state index contributed by atoms with van der Waals surface area (Å²) in [5.41, 5.74) is 0.853. The first-order chi connectivity index (χ1) is 9.91. The number of carbonyl (C=O) groups is 1. The van der Waals surface area contributed by atoms with E-state index in [1.54, 1.807) is 19.0 Å². The summed E-state index contributed by atoms with van der Waals surface area (Å²) in [4.78, 5) is 13.4. The molecule has 112 valence electrons. The molecule has 1 aromatic carbocycles. The van der Waals surface area contributed by atoms with Crippen molar-refractivity contribution >= 4 is 33.6 Å². The Hall–Kier alpha value is -1.54. The molecular weight excluding hydrogens is 354 g/mol. The number of thioether (sulfide) groups is 1. The summed E-state index contributed by atoms with van der Waals surface area (Å²) < 4.78 is 2.29. The van der Waals surface area contributed by atoms with Crippen LogP contribution in [0.1, 0.15) is 6.92 Å². The van der Waals surface area contributed by atoms with Gasteiger partial charge in [-0.15, -0.1) is 10.2 Å². The number of rotatable bonds is 4. The van der Waals surface area contributed by atoms with E-state index in [1.165, 1.54) is 16.4 Å². The molecule has 1 heterocycles. The molecule has 21 heavy (non-hydrogen) atoms. The average molecular weight is 370 g/mol. The Morgan fingerprint density at radius 3 is 2.67 bits per heavy atom. The molecule has 0 saturated carbocycles. The van der Waals surface area contributed by atoms with Gasteiger partial charge in [-0.3, -0.25) is 4.79 Å². The fourth-order valence-corrected chi connectivity index (χ4v) is 3.13. The number of amides is 1. The standard InChI is InChI=1S/C13H16BrN5OS/c1-8(12(20)18(2)3)21-13-17-16-11(19(13)15)9-6-4-5-7-10(9)14/h4-8H,15H2,1-3H3. The van der Waals surface area contributed by atoms with Crippen LogP contribution in [-0.2, 0) is 4.79 Å². The summed E-state index contributed by atoms with van der Waals surface area (Å²) in [5, 5.41) is 8.41. The maximum Gasteiger partial charge on any atom is 0.235 e. The van der Waals surface area contributed by atoms with E-state index >= 15 is 0 Å². The summed E-state index contributed by atoms with van der Waals surface area (Å²) in [6, 6.07) is 7.63. The third-order valence-corrected chi connectivity index (χ3v) is 4.59. The molecule has 8 heteroatoms. The maximum absolute atomic E-state index is 11.9. The third-order valence-electron chi connectivity index (χ3n) is 2.85. The van der Waals surface area contributed by atoms with Crippen LogP contribution in [0.15, 0.2) is 33.9 Å². The lowest BCUT2D eigenvalue weighted by atomic mass is 10.2. The zero-order chi connectivity index (χ0) is 15.6. The first kappa shape index (κ1) is 15.8. The van der Waals surface area contributed by atoms with Crippen LogP contribution in [-0.4, -0.2) is 45.0 Å². The van der Waals surface area contributed by atoms with Crippen molar-refractivity contribution < 1.29 is 4.79 Å². The van der Waals surface area contributed by atoms with Crippen molar-refractivity contribution in [2.24, 2.45) is 0 Å². The smallest absolute Gasteiger partial charge is 0.235 e. The second-order valence-electron chi connectivity index (χ2n) is 4.65. The molecular formula is C13H16BrN5OS. The molecule has 1 unspecified atom stereocenters. The summed E-state index contributed by atoms with van der Waals surface area (Å²) in [5.74, 6) is 6.61. The molecule has 2 rings (SSSR count). The molecule has 0 bridgehead atoms. The Balaban J connectivity index is 2.26. The lowest BCUT2D eigenvalue weighted by Gasteiger charge is -2.15. The van der Waals surface area contributed by atoms with Crippen LogP contribution in [0.4, 0.5) is 0 Å². The SMILES string of the molecule is CC(Sc1nnc(-c2ccccc2Br)n1N)C(=O)N(C)C. The topological polar surface area (TPSA) is 77.0 Å². The Morgan fingerprint density at radius 1 is 1.38 bits per heavy atom. The van der Waals surface area contributed by atoms with Crippen molar-refractivity contribution in [2.75, 3.05) is 19.9 Å². The van der Waals surface area contributed by atoms with Gasteiger partial charge in [-0.05, 0) is 19.1 Å². The molecule has 1 amide bonds. The van der Waals surface area contributed by atoms with E-state index in [1.807, 2.05) is 31.2 Å². The predicted molar refractivity (Wildman–Crippen MR) is 87.3 cm³/mol. The van der Waals surface area contributed by atoms with Gasteiger partial charge in [-0.2, -0.15) is 0 Å². The van der Waals surface area contributed by atoms with Gasteiger partial charge >= 0.3 is 0 Å². The number of hydrogen-bond acceptors (Lipinski definition) is 5. The van der Waals surface area contributed by atoms with Gasteiger partial charge in [0.05, 0.1) is 5.25 Å². The number of carbonyl (C=O) groups excluding carboxylic acids is 1. The number of benzene rings is 1. The number of nitrogens with two attached hydrogens (primary N) is 1. The van der Waals surface area contributed by atoms with Crippen LogP contribution >= 0.6 is 27.7 Å². The van der Waals surface area contributed by atoms with E-state index in [-0.39, 0.29) is 11.2 Å². The van der Waals surface area contributed by atoms with Gasteiger partial charge in [-0.25, -0.2) is 4.68 Å². The van der Waals surface area contributed by atoms with Crippen LogP contribution in [0, 0.1) is 0 Å². The molecule has 2 N–H and O–H groups in total. The lowest BCUT2D eigenvalue weighted by molar-refractivity contribution is -0.127. The number of nitrogen functional groups attached to an aromatic ring is 1. The maximum atomic E-state index is 11.9. The van der Waals surface area contributed by atoms with E-state index in [9.17, 15) is 4.79 Å². The van der Waals surface area contributed by atoms with Crippen LogP contribution < -0.4 is 5.84 Å². The van der Waals surface area contributed by atoms with E-state index in [2.05, 4.69) is 26.1 Å². The first-order valence-electron chi connectivity index (χ1n) is 6.25. The summed E-state index contributed by atoms with van der Waals surface area (Å²) in [6.45, 7) is 1.82. The van der Waals surface area contributed by atoms with Crippen molar-refractivity contribution in [1.29, 1.82) is 0 Å². The second-order valence-corrected chi connectivity index (χ2v) is 6.81. The minimum Gasteiger partial charge on any atom is -0.348 e. The van der Waals surface area contributed by atoms with Crippen molar-refractivity contribution in [3.05, 3.63) is 28.7 Å². The summed E-state index contributed by atoms with van der Waals surface area (Å²) in [6.07, 6.45) is 0. The molecule has 0 aliphatic heterocycles. The van der Waals surface area contributed by atoms with Crippen LogP contribution in [0.5, 0.6) is 0 Å². The number of hydrogen-bond donors (Lipinski definition) is 1. The fourth-order valence-electron chi connectivity index (χ4n) is 1.76. The average Bonchev–Trinajstić information content (AvgIpc) is 2.80. The van der Waals surface area contributed by atoms with Gasteiger partial charge in [0.2, 0.25) is 11.1 Å². The molecule has 2 aromatic rings. The minimum absolute atomic E-state index is 0.00504. The zero-order valence-corrected chi connectivity index (χ0v) is 14.3. The van der Waals surface area contributed by atoms with E-state index in [4.69, 9.17) is 5.84 Å². The van der Waals surface area contributed by atoms with Crippen molar-refractivity contribution in [3.8, 4) is 11.4 Å². The van der Waals surface area contributed by atoms with E-state index < -0.39 is 0 Å². The fraction of sp³-hybridized carbons (Fsp3) is 0.308. The monoisotopic (exact) mass is 369 g/mol. The van der Waals surface area contributed by atoms with Crippen molar-refractivity contribution in [2.45, 2.75) is 17.3 Å². The highest BCUT2D eigenvalue weighted by Gasteiger charge is 2.21. The number of halogens is 1. The highest BCUT2D eigenvalue weighted by atomic mass is 79.9. The quantitative estimate of drug-likeness (QED) is 0.658. The van der Waals surface area contributed by atoms with Crippen LogP contribution in [0.2, 0.25) is 0 Å². The van der Waals surface area contributed by atoms with Gasteiger partial charge in [-0.1, -0.05) is 39.8 Å².